The normalized spacial score (nSPS) is 16.1. The quantitative estimate of drug-likeness (QED) is 0.877. The molecule has 4 heteroatoms. The SMILES string of the molecule is CC(C)C1(CNc2ncc(C(=O)O)c3ccccc23)CC1. The number of aromatic carboxylic acids is 1. The lowest BCUT2D eigenvalue weighted by molar-refractivity contribution is 0.0698. The molecule has 1 aliphatic carbocycles. The highest BCUT2D eigenvalue weighted by Gasteiger charge is 2.45. The van der Waals surface area contributed by atoms with Gasteiger partial charge in [-0.15, -0.1) is 0 Å². The van der Waals surface area contributed by atoms with Crippen LogP contribution in [0.25, 0.3) is 10.8 Å². The molecule has 0 atom stereocenters. The summed E-state index contributed by atoms with van der Waals surface area (Å²) in [5, 5.41) is 14.3. The average Bonchev–Trinajstić information content (AvgIpc) is 3.25. The van der Waals surface area contributed by atoms with E-state index in [4.69, 9.17) is 0 Å². The Morgan fingerprint density at radius 3 is 2.57 bits per heavy atom. The summed E-state index contributed by atoms with van der Waals surface area (Å²) >= 11 is 0. The number of hydrogen-bond donors (Lipinski definition) is 2. The number of carboxylic acid groups (broad SMARTS) is 1. The molecule has 0 unspecified atom stereocenters. The molecule has 3 rings (SSSR count). The van der Waals surface area contributed by atoms with Gasteiger partial charge in [0.05, 0.1) is 5.56 Å². The van der Waals surface area contributed by atoms with E-state index in [1.165, 1.54) is 19.0 Å². The Bertz CT molecular complexity index is 690. The number of benzene rings is 1. The maximum atomic E-state index is 11.3. The smallest absolute Gasteiger partial charge is 0.337 e. The molecule has 1 aliphatic rings. The molecule has 2 N–H and O–H groups in total. The van der Waals surface area contributed by atoms with E-state index in [9.17, 15) is 9.90 Å². The molecule has 21 heavy (non-hydrogen) atoms. The molecule has 0 aliphatic heterocycles. The van der Waals surface area contributed by atoms with Gasteiger partial charge in [-0.2, -0.15) is 0 Å². The Balaban J connectivity index is 1.93. The maximum absolute atomic E-state index is 11.3. The highest BCUT2D eigenvalue weighted by atomic mass is 16.4. The van der Waals surface area contributed by atoms with E-state index in [1.54, 1.807) is 0 Å². The van der Waals surface area contributed by atoms with Crippen molar-refractivity contribution in [3.8, 4) is 0 Å². The molecule has 1 heterocycles. The molecule has 1 aromatic heterocycles. The van der Waals surface area contributed by atoms with Crippen LogP contribution in [0, 0.1) is 11.3 Å². The van der Waals surface area contributed by atoms with Crippen LogP contribution in [-0.4, -0.2) is 22.6 Å². The summed E-state index contributed by atoms with van der Waals surface area (Å²) in [6.07, 6.45) is 3.95. The van der Waals surface area contributed by atoms with Crippen LogP contribution in [0.2, 0.25) is 0 Å². The first-order valence-corrected chi connectivity index (χ1v) is 7.38. The highest BCUT2D eigenvalue weighted by molar-refractivity contribution is 6.06. The van der Waals surface area contributed by atoms with E-state index in [0.29, 0.717) is 11.3 Å². The third-order valence-electron chi connectivity index (χ3n) is 4.75. The molecule has 0 radical (unpaired) electrons. The van der Waals surface area contributed by atoms with Gasteiger partial charge in [0.2, 0.25) is 0 Å². The predicted molar refractivity (Wildman–Crippen MR) is 83.7 cm³/mol. The minimum atomic E-state index is -0.939. The van der Waals surface area contributed by atoms with Crippen molar-refractivity contribution in [3.63, 3.8) is 0 Å². The topological polar surface area (TPSA) is 62.2 Å². The lowest BCUT2D eigenvalue weighted by atomic mass is 9.92. The van der Waals surface area contributed by atoms with Crippen LogP contribution in [0.1, 0.15) is 37.0 Å². The number of nitrogens with zero attached hydrogens (tertiary/aromatic N) is 1. The fourth-order valence-corrected chi connectivity index (χ4v) is 2.88. The molecular weight excluding hydrogens is 264 g/mol. The Morgan fingerprint density at radius 1 is 1.33 bits per heavy atom. The van der Waals surface area contributed by atoms with E-state index < -0.39 is 5.97 Å². The maximum Gasteiger partial charge on any atom is 0.337 e. The van der Waals surface area contributed by atoms with Gasteiger partial charge < -0.3 is 10.4 Å². The Labute approximate surface area is 124 Å². The highest BCUT2D eigenvalue weighted by Crippen LogP contribution is 2.51. The summed E-state index contributed by atoms with van der Waals surface area (Å²) in [6.45, 7) is 5.41. The fourth-order valence-electron chi connectivity index (χ4n) is 2.88. The first-order chi connectivity index (χ1) is 10.0. The van der Waals surface area contributed by atoms with Gasteiger partial charge in [-0.05, 0) is 24.2 Å². The van der Waals surface area contributed by atoms with Gasteiger partial charge in [0.25, 0.3) is 0 Å². The van der Waals surface area contributed by atoms with Crippen molar-refractivity contribution >= 4 is 22.6 Å². The van der Waals surface area contributed by atoms with Crippen molar-refractivity contribution < 1.29 is 9.90 Å². The number of anilines is 1. The van der Waals surface area contributed by atoms with Crippen LogP contribution >= 0.6 is 0 Å². The molecule has 1 fully saturated rings. The largest absolute Gasteiger partial charge is 0.478 e. The second kappa shape index (κ2) is 5.02. The minimum Gasteiger partial charge on any atom is -0.478 e. The summed E-state index contributed by atoms with van der Waals surface area (Å²) in [4.78, 5) is 15.6. The first-order valence-electron chi connectivity index (χ1n) is 7.38. The Morgan fingerprint density at radius 2 is 2.00 bits per heavy atom. The number of aromatic nitrogens is 1. The second-order valence-corrected chi connectivity index (χ2v) is 6.24. The van der Waals surface area contributed by atoms with Gasteiger partial charge in [-0.3, -0.25) is 0 Å². The molecule has 110 valence electrons. The van der Waals surface area contributed by atoms with Crippen LogP contribution in [0.15, 0.2) is 30.5 Å². The number of rotatable bonds is 5. The summed E-state index contributed by atoms with van der Waals surface area (Å²) in [5.74, 6) is 0.489. The number of fused-ring (bicyclic) bond motifs is 1. The molecule has 1 aromatic carbocycles. The van der Waals surface area contributed by atoms with Crippen LogP contribution in [0.3, 0.4) is 0 Å². The zero-order chi connectivity index (χ0) is 15.0. The molecule has 2 aromatic rings. The molecule has 1 saturated carbocycles. The van der Waals surface area contributed by atoms with Crippen LogP contribution in [-0.2, 0) is 0 Å². The van der Waals surface area contributed by atoms with E-state index >= 15 is 0 Å². The lowest BCUT2D eigenvalue weighted by Crippen LogP contribution is -2.21. The molecule has 0 amide bonds. The van der Waals surface area contributed by atoms with E-state index in [2.05, 4.69) is 24.1 Å². The zero-order valence-corrected chi connectivity index (χ0v) is 12.4. The van der Waals surface area contributed by atoms with Gasteiger partial charge in [-0.1, -0.05) is 38.1 Å². The summed E-state index contributed by atoms with van der Waals surface area (Å²) in [7, 11) is 0. The van der Waals surface area contributed by atoms with Crippen LogP contribution in [0.4, 0.5) is 5.82 Å². The third kappa shape index (κ3) is 2.46. The van der Waals surface area contributed by atoms with Crippen molar-refractivity contribution in [1.29, 1.82) is 0 Å². The van der Waals surface area contributed by atoms with Crippen molar-refractivity contribution in [2.24, 2.45) is 11.3 Å². The number of hydrogen-bond acceptors (Lipinski definition) is 3. The number of carboxylic acids is 1. The van der Waals surface area contributed by atoms with Crippen molar-refractivity contribution in [3.05, 3.63) is 36.0 Å². The number of pyridine rings is 1. The van der Waals surface area contributed by atoms with Gasteiger partial charge >= 0.3 is 5.97 Å². The predicted octanol–water partition coefficient (Wildman–Crippen LogP) is 3.78. The standard InChI is InChI=1S/C17H20N2O2/c1-11(2)17(7-8-17)10-19-15-13-6-4-3-5-12(13)14(9-18-15)16(20)21/h3-6,9,11H,7-8,10H2,1-2H3,(H,18,19)(H,20,21). The third-order valence-corrected chi connectivity index (χ3v) is 4.75. The van der Waals surface area contributed by atoms with Crippen molar-refractivity contribution in [1.82, 2.24) is 4.98 Å². The number of carbonyl (C=O) groups is 1. The summed E-state index contributed by atoms with van der Waals surface area (Å²) in [5.41, 5.74) is 0.634. The molecule has 0 saturated heterocycles. The molecular formula is C17H20N2O2. The van der Waals surface area contributed by atoms with Crippen molar-refractivity contribution in [2.75, 3.05) is 11.9 Å². The average molecular weight is 284 g/mol. The fraction of sp³-hybridized carbons (Fsp3) is 0.412. The minimum absolute atomic E-state index is 0.251. The Hall–Kier alpha value is -2.10. The molecule has 4 nitrogen and oxygen atoms in total. The molecule has 0 bridgehead atoms. The zero-order valence-electron chi connectivity index (χ0n) is 12.4. The van der Waals surface area contributed by atoms with Gasteiger partial charge in [0, 0.05) is 23.5 Å². The van der Waals surface area contributed by atoms with Crippen molar-refractivity contribution in [2.45, 2.75) is 26.7 Å². The lowest BCUT2D eigenvalue weighted by Gasteiger charge is -2.21. The Kier molecular flexibility index (Phi) is 3.32. The van der Waals surface area contributed by atoms with E-state index in [0.717, 1.165) is 23.1 Å². The summed E-state index contributed by atoms with van der Waals surface area (Å²) in [6, 6.07) is 7.53. The van der Waals surface area contributed by atoms with Gasteiger partial charge in [0.15, 0.2) is 0 Å². The van der Waals surface area contributed by atoms with Gasteiger partial charge in [-0.25, -0.2) is 9.78 Å². The first kappa shape index (κ1) is 13.9. The van der Waals surface area contributed by atoms with Crippen LogP contribution < -0.4 is 5.32 Å². The monoisotopic (exact) mass is 284 g/mol. The summed E-state index contributed by atoms with van der Waals surface area (Å²) < 4.78 is 0. The van der Waals surface area contributed by atoms with Crippen LogP contribution in [0.5, 0.6) is 0 Å². The molecule has 0 spiro atoms. The number of nitrogens with one attached hydrogen (secondary N) is 1. The van der Waals surface area contributed by atoms with E-state index in [-0.39, 0.29) is 5.56 Å². The van der Waals surface area contributed by atoms with E-state index in [1.807, 2.05) is 24.3 Å². The van der Waals surface area contributed by atoms with Gasteiger partial charge in [0.1, 0.15) is 5.82 Å². The second-order valence-electron chi connectivity index (χ2n) is 6.24.